The monoisotopic (exact) mass is 348 g/mol. The van der Waals surface area contributed by atoms with E-state index < -0.39 is 6.10 Å². The SMILES string of the molecule is CO[C@@H](C(=O)NC[C@@H]1CCCN1CC1CCCCC1)c1cnn(C)c1. The Kier molecular flexibility index (Phi) is 6.48. The first-order chi connectivity index (χ1) is 12.2. The predicted molar refractivity (Wildman–Crippen MR) is 97.1 cm³/mol. The summed E-state index contributed by atoms with van der Waals surface area (Å²) in [5, 5.41) is 7.24. The van der Waals surface area contributed by atoms with Crippen molar-refractivity contribution in [2.75, 3.05) is 26.7 Å². The fourth-order valence-electron chi connectivity index (χ4n) is 4.35. The van der Waals surface area contributed by atoms with Gasteiger partial charge in [0.1, 0.15) is 0 Å². The molecule has 0 spiro atoms. The van der Waals surface area contributed by atoms with Crippen molar-refractivity contribution >= 4 is 5.91 Å². The van der Waals surface area contributed by atoms with Gasteiger partial charge in [0.25, 0.3) is 5.91 Å². The molecular formula is C19H32N4O2. The fraction of sp³-hybridized carbons (Fsp3) is 0.789. The molecule has 2 atom stereocenters. The van der Waals surface area contributed by atoms with E-state index in [1.54, 1.807) is 18.0 Å². The van der Waals surface area contributed by atoms with Gasteiger partial charge in [0.2, 0.25) is 0 Å². The van der Waals surface area contributed by atoms with E-state index in [0.29, 0.717) is 12.6 Å². The number of aryl methyl sites for hydroxylation is 1. The molecule has 1 saturated heterocycles. The van der Waals surface area contributed by atoms with Crippen LogP contribution in [0.3, 0.4) is 0 Å². The summed E-state index contributed by atoms with van der Waals surface area (Å²) in [7, 11) is 3.41. The topological polar surface area (TPSA) is 59.4 Å². The minimum atomic E-state index is -0.582. The summed E-state index contributed by atoms with van der Waals surface area (Å²) in [5.41, 5.74) is 0.799. The van der Waals surface area contributed by atoms with Crippen LogP contribution in [-0.2, 0) is 16.6 Å². The number of ether oxygens (including phenoxy) is 1. The molecule has 0 aromatic carbocycles. The number of carbonyl (C=O) groups is 1. The number of likely N-dealkylation sites (tertiary alicyclic amines) is 1. The first-order valence-electron chi connectivity index (χ1n) is 9.70. The molecule has 25 heavy (non-hydrogen) atoms. The number of hydrogen-bond donors (Lipinski definition) is 1. The lowest BCUT2D eigenvalue weighted by Gasteiger charge is -2.31. The van der Waals surface area contributed by atoms with E-state index in [1.807, 2.05) is 13.2 Å². The number of nitrogens with one attached hydrogen (secondary N) is 1. The van der Waals surface area contributed by atoms with E-state index in [0.717, 1.165) is 11.5 Å². The molecule has 2 aliphatic rings. The number of methoxy groups -OCH3 is 1. The zero-order valence-electron chi connectivity index (χ0n) is 15.6. The predicted octanol–water partition coefficient (Wildman–Crippen LogP) is 2.27. The van der Waals surface area contributed by atoms with Crippen LogP contribution in [0.4, 0.5) is 0 Å². The molecule has 1 aromatic rings. The number of amides is 1. The number of hydrogen-bond acceptors (Lipinski definition) is 4. The van der Waals surface area contributed by atoms with Gasteiger partial charge in [-0.05, 0) is 38.1 Å². The van der Waals surface area contributed by atoms with Crippen LogP contribution < -0.4 is 5.32 Å². The summed E-state index contributed by atoms with van der Waals surface area (Å²) in [6.45, 7) is 3.09. The summed E-state index contributed by atoms with van der Waals surface area (Å²) < 4.78 is 7.09. The first-order valence-corrected chi connectivity index (χ1v) is 9.70. The van der Waals surface area contributed by atoms with E-state index in [1.165, 1.54) is 58.0 Å². The zero-order valence-corrected chi connectivity index (χ0v) is 15.6. The highest BCUT2D eigenvalue weighted by molar-refractivity contribution is 5.82. The van der Waals surface area contributed by atoms with Crippen LogP contribution in [-0.4, -0.2) is 53.4 Å². The Bertz CT molecular complexity index is 553. The second kappa shape index (κ2) is 8.81. The van der Waals surface area contributed by atoms with Gasteiger partial charge in [-0.25, -0.2) is 0 Å². The van der Waals surface area contributed by atoms with E-state index in [4.69, 9.17) is 4.74 Å². The molecule has 1 amide bonds. The van der Waals surface area contributed by atoms with Crippen molar-refractivity contribution in [1.82, 2.24) is 20.0 Å². The van der Waals surface area contributed by atoms with Crippen molar-refractivity contribution in [1.29, 1.82) is 0 Å². The third kappa shape index (κ3) is 4.82. The summed E-state index contributed by atoms with van der Waals surface area (Å²) in [5.74, 6) is 0.784. The first kappa shape index (κ1) is 18.4. The summed E-state index contributed by atoms with van der Waals surface area (Å²) >= 11 is 0. The normalized spacial score (nSPS) is 23.7. The maximum atomic E-state index is 12.5. The zero-order chi connectivity index (χ0) is 17.6. The van der Waals surface area contributed by atoms with Crippen molar-refractivity contribution in [3.8, 4) is 0 Å². The van der Waals surface area contributed by atoms with Crippen LogP contribution in [0.2, 0.25) is 0 Å². The maximum absolute atomic E-state index is 12.5. The summed E-state index contributed by atoms with van der Waals surface area (Å²) in [6.07, 6.45) is 12.3. The van der Waals surface area contributed by atoms with Crippen LogP contribution in [0.15, 0.2) is 12.4 Å². The molecular weight excluding hydrogens is 316 g/mol. The molecule has 6 heteroatoms. The Morgan fingerprint density at radius 3 is 2.80 bits per heavy atom. The van der Waals surface area contributed by atoms with Crippen molar-refractivity contribution in [2.24, 2.45) is 13.0 Å². The highest BCUT2D eigenvalue weighted by Gasteiger charge is 2.29. The van der Waals surface area contributed by atoms with Gasteiger partial charge in [0.05, 0.1) is 6.20 Å². The van der Waals surface area contributed by atoms with Crippen LogP contribution >= 0.6 is 0 Å². The van der Waals surface area contributed by atoms with Crippen LogP contribution in [0.1, 0.15) is 56.6 Å². The fourth-order valence-corrected chi connectivity index (χ4v) is 4.35. The standard InChI is InChI=1S/C19H32N4O2/c1-22-14-16(11-21-22)18(25-2)19(24)20-12-17-9-6-10-23(17)13-15-7-4-3-5-8-15/h11,14-15,17-18H,3-10,12-13H2,1-2H3,(H,20,24)/t17-,18+/m0/s1. The van der Waals surface area contributed by atoms with Crippen molar-refractivity contribution in [2.45, 2.75) is 57.1 Å². The van der Waals surface area contributed by atoms with Gasteiger partial charge in [0, 0.05) is 45.0 Å². The summed E-state index contributed by atoms with van der Waals surface area (Å²) in [4.78, 5) is 15.1. The highest BCUT2D eigenvalue weighted by Crippen LogP contribution is 2.27. The second-order valence-corrected chi connectivity index (χ2v) is 7.60. The summed E-state index contributed by atoms with van der Waals surface area (Å²) in [6, 6.07) is 0.470. The lowest BCUT2D eigenvalue weighted by Crippen LogP contribution is -2.43. The third-order valence-electron chi connectivity index (χ3n) is 5.73. The van der Waals surface area contributed by atoms with E-state index in [9.17, 15) is 4.79 Å². The largest absolute Gasteiger partial charge is 0.367 e. The molecule has 0 bridgehead atoms. The molecule has 1 N–H and O–H groups in total. The molecule has 0 unspecified atom stereocenters. The van der Waals surface area contributed by atoms with Crippen LogP contribution in [0, 0.1) is 5.92 Å². The number of rotatable bonds is 7. The third-order valence-corrected chi connectivity index (χ3v) is 5.73. The molecule has 1 aliphatic heterocycles. The van der Waals surface area contributed by atoms with Gasteiger partial charge in [-0.3, -0.25) is 14.4 Å². The van der Waals surface area contributed by atoms with Gasteiger partial charge in [-0.1, -0.05) is 19.3 Å². The lowest BCUT2D eigenvalue weighted by molar-refractivity contribution is -0.131. The quantitative estimate of drug-likeness (QED) is 0.821. The lowest BCUT2D eigenvalue weighted by atomic mass is 9.89. The van der Waals surface area contributed by atoms with Crippen molar-refractivity contribution in [3.05, 3.63) is 18.0 Å². The smallest absolute Gasteiger partial charge is 0.253 e. The average Bonchev–Trinajstić information content (AvgIpc) is 3.24. The molecule has 6 nitrogen and oxygen atoms in total. The van der Waals surface area contributed by atoms with E-state index in [2.05, 4.69) is 15.3 Å². The van der Waals surface area contributed by atoms with E-state index in [-0.39, 0.29) is 5.91 Å². The number of nitrogens with zero attached hydrogens (tertiary/aromatic N) is 3. The Hall–Kier alpha value is -1.40. The van der Waals surface area contributed by atoms with Crippen molar-refractivity contribution < 1.29 is 9.53 Å². The van der Waals surface area contributed by atoms with Crippen molar-refractivity contribution in [3.63, 3.8) is 0 Å². The minimum absolute atomic E-state index is 0.0694. The van der Waals surface area contributed by atoms with Gasteiger partial charge >= 0.3 is 0 Å². The molecule has 1 saturated carbocycles. The van der Waals surface area contributed by atoms with E-state index >= 15 is 0 Å². The second-order valence-electron chi connectivity index (χ2n) is 7.60. The van der Waals surface area contributed by atoms with Gasteiger partial charge in [-0.2, -0.15) is 5.10 Å². The maximum Gasteiger partial charge on any atom is 0.253 e. The molecule has 140 valence electrons. The molecule has 1 aliphatic carbocycles. The number of carbonyl (C=O) groups excluding carboxylic acids is 1. The average molecular weight is 348 g/mol. The van der Waals surface area contributed by atoms with Crippen LogP contribution in [0.25, 0.3) is 0 Å². The molecule has 1 aromatic heterocycles. The Labute approximate surface area is 150 Å². The molecule has 3 rings (SSSR count). The van der Waals surface area contributed by atoms with Crippen LogP contribution in [0.5, 0.6) is 0 Å². The highest BCUT2D eigenvalue weighted by atomic mass is 16.5. The Morgan fingerprint density at radius 2 is 2.12 bits per heavy atom. The number of aromatic nitrogens is 2. The van der Waals surface area contributed by atoms with Gasteiger partial charge in [0.15, 0.2) is 6.10 Å². The Balaban J connectivity index is 1.49. The molecule has 2 heterocycles. The minimum Gasteiger partial charge on any atom is -0.367 e. The van der Waals surface area contributed by atoms with Gasteiger partial charge in [-0.15, -0.1) is 0 Å². The van der Waals surface area contributed by atoms with Gasteiger partial charge < -0.3 is 10.1 Å². The molecule has 2 fully saturated rings. The Morgan fingerprint density at radius 1 is 1.32 bits per heavy atom. The molecule has 0 radical (unpaired) electrons.